The van der Waals surface area contributed by atoms with Crippen LogP contribution in [0.3, 0.4) is 0 Å². The first kappa shape index (κ1) is 20.9. The van der Waals surface area contributed by atoms with Gasteiger partial charge in [-0.2, -0.15) is 0 Å². The number of aromatic nitrogens is 2. The van der Waals surface area contributed by atoms with E-state index in [9.17, 15) is 15.0 Å². The molecule has 30 heavy (non-hydrogen) atoms. The maximum atomic E-state index is 12.2. The third-order valence-electron chi connectivity index (χ3n) is 4.92. The molecule has 0 bridgehead atoms. The molecule has 2 heterocycles. The Labute approximate surface area is 182 Å². The standard InChI is InChI=1S/C20H20Cl2N4O4/c21-11-2-1-10(13(22)5-11)8-23-20(29)24-12-3-4-14-15(6-12)26-19(25-14)17-7-16(28)18(9-27)30-17/h1-6,16-18,27-28H,7-9H2,(H,25,26)(H2,23,24,29)/t16-,17+,18+/m0/s1. The van der Waals surface area contributed by atoms with Crippen LogP contribution < -0.4 is 10.6 Å². The van der Waals surface area contributed by atoms with Crippen LogP contribution in [0.5, 0.6) is 0 Å². The fourth-order valence-electron chi connectivity index (χ4n) is 3.34. The predicted molar refractivity (Wildman–Crippen MR) is 114 cm³/mol. The first-order valence-corrected chi connectivity index (χ1v) is 10.1. The number of halogens is 2. The molecule has 1 fully saturated rings. The number of anilines is 1. The van der Waals surface area contributed by atoms with Crippen molar-refractivity contribution < 1.29 is 19.7 Å². The van der Waals surface area contributed by atoms with Crippen LogP contribution >= 0.6 is 23.2 Å². The van der Waals surface area contributed by atoms with Gasteiger partial charge in [-0.1, -0.05) is 29.3 Å². The topological polar surface area (TPSA) is 120 Å². The number of amides is 2. The number of ether oxygens (including phenoxy) is 1. The Kier molecular flexibility index (Phi) is 6.12. The van der Waals surface area contributed by atoms with E-state index < -0.39 is 18.3 Å². The van der Waals surface area contributed by atoms with Crippen LogP contribution in [0.2, 0.25) is 10.0 Å². The Bertz CT molecular complexity index is 1070. The molecular weight excluding hydrogens is 431 g/mol. The van der Waals surface area contributed by atoms with E-state index in [-0.39, 0.29) is 19.2 Å². The number of hydrogen-bond acceptors (Lipinski definition) is 5. The first-order chi connectivity index (χ1) is 14.4. The van der Waals surface area contributed by atoms with Crippen molar-refractivity contribution in [2.45, 2.75) is 31.3 Å². The van der Waals surface area contributed by atoms with Gasteiger partial charge in [0.05, 0.1) is 23.7 Å². The lowest BCUT2D eigenvalue weighted by molar-refractivity contribution is -0.0244. The Hall–Kier alpha value is -2.36. The molecule has 2 amide bonds. The van der Waals surface area contributed by atoms with Gasteiger partial charge in [0.1, 0.15) is 18.0 Å². The number of rotatable bonds is 5. The van der Waals surface area contributed by atoms with Crippen molar-refractivity contribution in [1.82, 2.24) is 15.3 Å². The zero-order valence-corrected chi connectivity index (χ0v) is 17.2. The summed E-state index contributed by atoms with van der Waals surface area (Å²) in [6.07, 6.45) is -1.42. The molecule has 1 aliphatic heterocycles. The summed E-state index contributed by atoms with van der Waals surface area (Å²) in [5.74, 6) is 0.569. The van der Waals surface area contributed by atoms with Crippen LogP contribution in [0, 0.1) is 0 Å². The van der Waals surface area contributed by atoms with Gasteiger partial charge in [-0.15, -0.1) is 0 Å². The third kappa shape index (κ3) is 4.53. The second-order valence-corrected chi connectivity index (χ2v) is 7.89. The number of fused-ring (bicyclic) bond motifs is 1. The predicted octanol–water partition coefficient (Wildman–Crippen LogP) is 3.37. The molecule has 0 saturated carbocycles. The fraction of sp³-hybridized carbons (Fsp3) is 0.300. The first-order valence-electron chi connectivity index (χ1n) is 9.36. The second kappa shape index (κ2) is 8.79. The largest absolute Gasteiger partial charge is 0.394 e. The number of nitrogens with zero attached hydrogens (tertiary/aromatic N) is 1. The fourth-order valence-corrected chi connectivity index (χ4v) is 3.82. The maximum absolute atomic E-state index is 12.2. The highest BCUT2D eigenvalue weighted by molar-refractivity contribution is 6.35. The summed E-state index contributed by atoms with van der Waals surface area (Å²) < 4.78 is 5.63. The van der Waals surface area contributed by atoms with Crippen LogP contribution in [0.15, 0.2) is 36.4 Å². The summed E-state index contributed by atoms with van der Waals surface area (Å²) in [6, 6.07) is 9.98. The Morgan fingerprint density at radius 3 is 2.83 bits per heavy atom. The molecule has 1 aliphatic rings. The van der Waals surface area contributed by atoms with Crippen LogP contribution in [-0.4, -0.2) is 45.0 Å². The van der Waals surface area contributed by atoms with Crippen molar-refractivity contribution in [2.75, 3.05) is 11.9 Å². The molecule has 3 aromatic rings. The normalized spacial score (nSPS) is 21.1. The van der Waals surface area contributed by atoms with Gasteiger partial charge in [-0.3, -0.25) is 0 Å². The number of hydrogen-bond donors (Lipinski definition) is 5. The highest BCUT2D eigenvalue weighted by atomic mass is 35.5. The summed E-state index contributed by atoms with van der Waals surface area (Å²) >= 11 is 12.0. The van der Waals surface area contributed by atoms with Gasteiger partial charge in [0, 0.05) is 28.7 Å². The summed E-state index contributed by atoms with van der Waals surface area (Å²) in [6.45, 7) is 0.00790. The summed E-state index contributed by atoms with van der Waals surface area (Å²) in [5.41, 5.74) is 2.76. The van der Waals surface area contributed by atoms with Gasteiger partial charge >= 0.3 is 6.03 Å². The van der Waals surface area contributed by atoms with E-state index in [4.69, 9.17) is 27.9 Å². The van der Waals surface area contributed by atoms with Crippen LogP contribution in [0.1, 0.15) is 23.9 Å². The number of urea groups is 1. The lowest BCUT2D eigenvalue weighted by atomic mass is 10.1. The molecule has 1 aromatic heterocycles. The molecule has 5 N–H and O–H groups in total. The monoisotopic (exact) mass is 450 g/mol. The minimum absolute atomic E-state index is 0.248. The van der Waals surface area contributed by atoms with Gasteiger partial charge in [0.25, 0.3) is 0 Å². The quantitative estimate of drug-likeness (QED) is 0.408. The highest BCUT2D eigenvalue weighted by Gasteiger charge is 2.35. The van der Waals surface area contributed by atoms with Gasteiger partial charge in [-0.25, -0.2) is 9.78 Å². The molecule has 3 atom stereocenters. The Morgan fingerprint density at radius 1 is 1.27 bits per heavy atom. The van der Waals surface area contributed by atoms with Gasteiger partial charge in [0.15, 0.2) is 0 Å². The van der Waals surface area contributed by atoms with E-state index in [1.165, 1.54) is 0 Å². The lowest BCUT2D eigenvalue weighted by Gasteiger charge is -2.10. The molecule has 10 heteroatoms. The van der Waals surface area contributed by atoms with Crippen LogP contribution in [0.4, 0.5) is 10.5 Å². The number of imidazole rings is 1. The molecule has 0 aliphatic carbocycles. The molecule has 0 spiro atoms. The molecule has 2 aromatic carbocycles. The number of aliphatic hydroxyl groups is 2. The van der Waals surface area contributed by atoms with Gasteiger partial charge in [-0.05, 0) is 35.9 Å². The van der Waals surface area contributed by atoms with Crippen molar-refractivity contribution in [1.29, 1.82) is 0 Å². The summed E-state index contributed by atoms with van der Waals surface area (Å²) in [5, 5.41) is 25.7. The Balaban J connectivity index is 1.40. The summed E-state index contributed by atoms with van der Waals surface area (Å²) in [7, 11) is 0. The molecule has 0 radical (unpaired) electrons. The highest BCUT2D eigenvalue weighted by Crippen LogP contribution is 2.32. The molecule has 1 saturated heterocycles. The molecular formula is C20H20Cl2N4O4. The van der Waals surface area contributed by atoms with E-state index >= 15 is 0 Å². The van der Waals surface area contributed by atoms with Crippen molar-refractivity contribution >= 4 is 46.0 Å². The second-order valence-electron chi connectivity index (χ2n) is 7.05. The number of aliphatic hydroxyl groups excluding tert-OH is 2. The molecule has 158 valence electrons. The lowest BCUT2D eigenvalue weighted by Crippen LogP contribution is -2.28. The molecule has 8 nitrogen and oxygen atoms in total. The van der Waals surface area contributed by atoms with Gasteiger partial charge < -0.3 is 30.6 Å². The Morgan fingerprint density at radius 2 is 2.10 bits per heavy atom. The number of nitrogens with one attached hydrogen (secondary N) is 3. The van der Waals surface area contributed by atoms with E-state index in [2.05, 4.69) is 20.6 Å². The number of carbonyl (C=O) groups excluding carboxylic acids is 1. The van der Waals surface area contributed by atoms with E-state index in [0.29, 0.717) is 39.0 Å². The van der Waals surface area contributed by atoms with E-state index in [0.717, 1.165) is 5.56 Å². The zero-order chi connectivity index (χ0) is 21.3. The van der Waals surface area contributed by atoms with Gasteiger partial charge in [0.2, 0.25) is 0 Å². The van der Waals surface area contributed by atoms with Crippen LogP contribution in [-0.2, 0) is 11.3 Å². The minimum Gasteiger partial charge on any atom is -0.394 e. The van der Waals surface area contributed by atoms with Crippen molar-refractivity contribution in [3.8, 4) is 0 Å². The van der Waals surface area contributed by atoms with Crippen molar-refractivity contribution in [2.24, 2.45) is 0 Å². The average molecular weight is 451 g/mol. The third-order valence-corrected chi connectivity index (χ3v) is 5.51. The number of H-pyrrole nitrogens is 1. The maximum Gasteiger partial charge on any atom is 0.319 e. The number of carbonyl (C=O) groups is 1. The summed E-state index contributed by atoms with van der Waals surface area (Å²) in [4.78, 5) is 19.9. The van der Waals surface area contributed by atoms with Crippen LogP contribution in [0.25, 0.3) is 11.0 Å². The smallest absolute Gasteiger partial charge is 0.319 e. The zero-order valence-electron chi connectivity index (χ0n) is 15.7. The molecule has 4 rings (SSSR count). The SMILES string of the molecule is O=C(NCc1ccc(Cl)cc1Cl)Nc1ccc2nc([C@H]3C[C@H](O)[C@@H](CO)O3)[nH]c2c1. The van der Waals surface area contributed by atoms with E-state index in [1.807, 2.05) is 0 Å². The number of benzene rings is 2. The van der Waals surface area contributed by atoms with E-state index in [1.54, 1.807) is 36.4 Å². The minimum atomic E-state index is -0.733. The number of aromatic amines is 1. The average Bonchev–Trinajstić information content (AvgIpc) is 3.30. The molecule has 0 unspecified atom stereocenters. The van der Waals surface area contributed by atoms with Crippen molar-refractivity contribution in [3.63, 3.8) is 0 Å². The van der Waals surface area contributed by atoms with Crippen molar-refractivity contribution in [3.05, 3.63) is 57.8 Å².